The number of hydrogen-bond acceptors (Lipinski definition) is 4. The Balaban J connectivity index is 1.50. The summed E-state index contributed by atoms with van der Waals surface area (Å²) in [5, 5.41) is 3.74. The van der Waals surface area contributed by atoms with E-state index in [4.69, 9.17) is 11.6 Å². The van der Waals surface area contributed by atoms with Gasteiger partial charge in [0.15, 0.2) is 0 Å². The molecule has 1 aliphatic rings. The molecule has 0 saturated heterocycles. The van der Waals surface area contributed by atoms with Gasteiger partial charge >= 0.3 is 0 Å². The van der Waals surface area contributed by atoms with Crippen molar-refractivity contribution in [3.63, 3.8) is 0 Å². The summed E-state index contributed by atoms with van der Waals surface area (Å²) in [6.45, 7) is 0.683. The van der Waals surface area contributed by atoms with Crippen molar-refractivity contribution in [2.75, 3.05) is 16.8 Å². The predicted octanol–water partition coefficient (Wildman–Crippen LogP) is 4.08. The highest BCUT2D eigenvalue weighted by Crippen LogP contribution is 2.28. The van der Waals surface area contributed by atoms with Gasteiger partial charge in [-0.3, -0.25) is 4.79 Å². The summed E-state index contributed by atoms with van der Waals surface area (Å²) >= 11 is 5.87. The number of carbonyl (C=O) groups is 1. The first-order chi connectivity index (χ1) is 12.2. The fourth-order valence-electron chi connectivity index (χ4n) is 2.87. The molecule has 2 aromatic carbocycles. The van der Waals surface area contributed by atoms with Crippen LogP contribution < -0.4 is 10.2 Å². The van der Waals surface area contributed by atoms with Crippen molar-refractivity contribution in [1.29, 1.82) is 0 Å². The molecule has 6 heteroatoms. The number of rotatable bonds is 3. The standard InChI is InChI=1S/C19H15ClN4O/c20-15-5-7-16(8-6-15)23-19-21-11-14(12-22-19)18(25)24-10-9-13-3-1-2-4-17(13)24/h1-8,11-12H,9-10H2,(H,21,22,23). The lowest BCUT2D eigenvalue weighted by molar-refractivity contribution is 0.0988. The van der Waals surface area contributed by atoms with Crippen molar-refractivity contribution in [1.82, 2.24) is 9.97 Å². The van der Waals surface area contributed by atoms with Crippen molar-refractivity contribution in [3.8, 4) is 0 Å². The van der Waals surface area contributed by atoms with Crippen LogP contribution in [-0.2, 0) is 6.42 Å². The first-order valence-electron chi connectivity index (χ1n) is 7.95. The highest BCUT2D eigenvalue weighted by molar-refractivity contribution is 6.30. The molecule has 4 rings (SSSR count). The van der Waals surface area contributed by atoms with Crippen LogP contribution in [0.1, 0.15) is 15.9 Å². The van der Waals surface area contributed by atoms with Gasteiger partial charge in [-0.1, -0.05) is 29.8 Å². The Labute approximate surface area is 150 Å². The number of hydrogen-bond donors (Lipinski definition) is 1. The van der Waals surface area contributed by atoms with Gasteiger partial charge in [0, 0.05) is 35.3 Å². The summed E-state index contributed by atoms with van der Waals surface area (Å²) in [5.41, 5.74) is 3.46. The third-order valence-corrected chi connectivity index (χ3v) is 4.38. The van der Waals surface area contributed by atoms with E-state index < -0.39 is 0 Å². The summed E-state index contributed by atoms with van der Waals surface area (Å²) < 4.78 is 0. The van der Waals surface area contributed by atoms with Gasteiger partial charge in [0.05, 0.1) is 5.56 Å². The zero-order valence-electron chi connectivity index (χ0n) is 13.3. The van der Waals surface area contributed by atoms with Crippen LogP contribution in [-0.4, -0.2) is 22.4 Å². The molecular formula is C19H15ClN4O. The quantitative estimate of drug-likeness (QED) is 0.773. The number of para-hydroxylation sites is 1. The maximum Gasteiger partial charge on any atom is 0.261 e. The number of amides is 1. The Morgan fingerprint density at radius 3 is 2.52 bits per heavy atom. The summed E-state index contributed by atoms with van der Waals surface area (Å²) in [4.78, 5) is 23.0. The average Bonchev–Trinajstić information content (AvgIpc) is 3.08. The van der Waals surface area contributed by atoms with Crippen LogP contribution in [0, 0.1) is 0 Å². The van der Waals surface area contributed by atoms with Gasteiger partial charge in [0.25, 0.3) is 5.91 Å². The van der Waals surface area contributed by atoms with E-state index in [1.807, 2.05) is 30.3 Å². The zero-order chi connectivity index (χ0) is 17.2. The molecule has 0 spiro atoms. The fraction of sp³-hybridized carbons (Fsp3) is 0.105. The van der Waals surface area contributed by atoms with E-state index in [2.05, 4.69) is 21.4 Å². The van der Waals surface area contributed by atoms with E-state index in [-0.39, 0.29) is 5.91 Å². The van der Waals surface area contributed by atoms with Gasteiger partial charge in [-0.2, -0.15) is 0 Å². The minimum absolute atomic E-state index is 0.0806. The fourth-order valence-corrected chi connectivity index (χ4v) is 3.00. The molecular weight excluding hydrogens is 336 g/mol. The zero-order valence-corrected chi connectivity index (χ0v) is 14.1. The monoisotopic (exact) mass is 350 g/mol. The molecule has 3 aromatic rings. The van der Waals surface area contributed by atoms with Crippen LogP contribution in [0.5, 0.6) is 0 Å². The Morgan fingerprint density at radius 1 is 1.04 bits per heavy atom. The number of halogens is 1. The van der Waals surface area contributed by atoms with Gasteiger partial charge in [-0.25, -0.2) is 9.97 Å². The normalized spacial score (nSPS) is 12.8. The second-order valence-electron chi connectivity index (χ2n) is 5.76. The maximum absolute atomic E-state index is 12.7. The van der Waals surface area contributed by atoms with E-state index in [1.54, 1.807) is 29.4 Å². The largest absolute Gasteiger partial charge is 0.324 e. The second kappa shape index (κ2) is 6.53. The minimum atomic E-state index is -0.0806. The second-order valence-corrected chi connectivity index (χ2v) is 6.20. The molecule has 0 aliphatic carbocycles. The number of benzene rings is 2. The Hall–Kier alpha value is -2.92. The highest BCUT2D eigenvalue weighted by atomic mass is 35.5. The van der Waals surface area contributed by atoms with Gasteiger partial charge in [-0.05, 0) is 42.3 Å². The number of fused-ring (bicyclic) bond motifs is 1. The van der Waals surface area contributed by atoms with Gasteiger partial charge in [0.2, 0.25) is 5.95 Å². The first-order valence-corrected chi connectivity index (χ1v) is 8.33. The molecule has 25 heavy (non-hydrogen) atoms. The van der Waals surface area contributed by atoms with E-state index >= 15 is 0 Å². The smallest absolute Gasteiger partial charge is 0.261 e. The molecule has 0 fully saturated rings. The number of nitrogens with one attached hydrogen (secondary N) is 1. The van der Waals surface area contributed by atoms with Gasteiger partial charge in [-0.15, -0.1) is 0 Å². The molecule has 1 aromatic heterocycles. The molecule has 0 saturated carbocycles. The van der Waals surface area contributed by atoms with Crippen LogP contribution >= 0.6 is 11.6 Å². The van der Waals surface area contributed by atoms with E-state index in [9.17, 15) is 4.79 Å². The molecule has 1 N–H and O–H groups in total. The Kier molecular flexibility index (Phi) is 4.07. The molecule has 0 unspecified atom stereocenters. The van der Waals surface area contributed by atoms with Crippen molar-refractivity contribution >= 4 is 34.8 Å². The number of carbonyl (C=O) groups excluding carboxylic acids is 1. The highest BCUT2D eigenvalue weighted by Gasteiger charge is 2.25. The Bertz CT molecular complexity index is 909. The molecule has 1 aliphatic heterocycles. The predicted molar refractivity (Wildman–Crippen MR) is 98.6 cm³/mol. The SMILES string of the molecule is O=C(c1cnc(Nc2ccc(Cl)cc2)nc1)N1CCc2ccccc21. The topological polar surface area (TPSA) is 58.1 Å². The molecule has 2 heterocycles. The van der Waals surface area contributed by atoms with Crippen LogP contribution in [0.25, 0.3) is 0 Å². The molecule has 0 atom stereocenters. The van der Waals surface area contributed by atoms with Crippen LogP contribution in [0.4, 0.5) is 17.3 Å². The molecule has 124 valence electrons. The van der Waals surface area contributed by atoms with Gasteiger partial charge in [0.1, 0.15) is 0 Å². The van der Waals surface area contributed by atoms with Crippen molar-refractivity contribution < 1.29 is 4.79 Å². The number of anilines is 3. The lowest BCUT2D eigenvalue weighted by Gasteiger charge is -2.17. The van der Waals surface area contributed by atoms with Crippen LogP contribution in [0.3, 0.4) is 0 Å². The lowest BCUT2D eigenvalue weighted by Crippen LogP contribution is -2.29. The van der Waals surface area contributed by atoms with Crippen molar-refractivity contribution in [3.05, 3.63) is 77.1 Å². The molecule has 0 bridgehead atoms. The molecule has 1 amide bonds. The third-order valence-electron chi connectivity index (χ3n) is 4.13. The summed E-state index contributed by atoms with van der Waals surface area (Å²) in [6.07, 6.45) is 3.97. The van der Waals surface area contributed by atoms with E-state index in [0.29, 0.717) is 23.1 Å². The lowest BCUT2D eigenvalue weighted by atomic mass is 10.2. The number of aromatic nitrogens is 2. The van der Waals surface area contributed by atoms with Crippen molar-refractivity contribution in [2.45, 2.75) is 6.42 Å². The summed E-state index contributed by atoms with van der Waals surface area (Å²) in [5.74, 6) is 0.351. The van der Waals surface area contributed by atoms with Gasteiger partial charge < -0.3 is 10.2 Å². The molecule has 0 radical (unpaired) electrons. The maximum atomic E-state index is 12.7. The Morgan fingerprint density at radius 2 is 1.76 bits per heavy atom. The average molecular weight is 351 g/mol. The van der Waals surface area contributed by atoms with Crippen LogP contribution in [0.15, 0.2) is 60.9 Å². The first kappa shape index (κ1) is 15.6. The number of nitrogens with zero attached hydrogens (tertiary/aromatic N) is 3. The summed E-state index contributed by atoms with van der Waals surface area (Å²) in [7, 11) is 0. The summed E-state index contributed by atoms with van der Waals surface area (Å²) in [6, 6.07) is 15.2. The molecule has 5 nitrogen and oxygen atoms in total. The van der Waals surface area contributed by atoms with Crippen LogP contribution in [0.2, 0.25) is 5.02 Å². The van der Waals surface area contributed by atoms with E-state index in [1.165, 1.54) is 5.56 Å². The van der Waals surface area contributed by atoms with Crippen molar-refractivity contribution in [2.24, 2.45) is 0 Å². The van der Waals surface area contributed by atoms with E-state index in [0.717, 1.165) is 17.8 Å². The minimum Gasteiger partial charge on any atom is -0.324 e. The third kappa shape index (κ3) is 3.19.